The topological polar surface area (TPSA) is 84.1 Å². The molecule has 0 unspecified atom stereocenters. The van der Waals surface area contributed by atoms with Gasteiger partial charge < -0.3 is 16.0 Å². The van der Waals surface area contributed by atoms with Crippen LogP contribution in [0.15, 0.2) is 12.4 Å². The molecule has 0 saturated heterocycles. The molecule has 0 aromatic carbocycles. The summed E-state index contributed by atoms with van der Waals surface area (Å²) in [6.07, 6.45) is 3.00. The fourth-order valence-electron chi connectivity index (χ4n) is 1.19. The normalized spacial score (nSPS) is 10.2. The van der Waals surface area contributed by atoms with Gasteiger partial charge in [0.15, 0.2) is 0 Å². The Morgan fingerprint density at radius 2 is 2.19 bits per heavy atom. The molecule has 0 radical (unpaired) electrons. The van der Waals surface area contributed by atoms with Crippen LogP contribution in [0, 0.1) is 0 Å². The molecule has 0 spiro atoms. The fraction of sp³-hybridized carbons (Fsp3) is 0.500. The third kappa shape index (κ3) is 3.72. The largest absolute Gasteiger partial charge is 0.382 e. The molecule has 3 N–H and O–H groups in total. The quantitative estimate of drug-likeness (QED) is 0.751. The maximum Gasteiger partial charge on any atom is 0.239 e. The molecule has 1 heterocycles. The molecule has 1 aromatic rings. The van der Waals surface area contributed by atoms with Gasteiger partial charge in [0.05, 0.1) is 18.9 Å². The van der Waals surface area contributed by atoms with Crippen LogP contribution < -0.4 is 16.0 Å². The Morgan fingerprint density at radius 3 is 2.69 bits per heavy atom. The van der Waals surface area contributed by atoms with Crippen molar-refractivity contribution in [2.24, 2.45) is 0 Å². The number of amides is 1. The van der Waals surface area contributed by atoms with Crippen molar-refractivity contribution in [3.8, 4) is 0 Å². The minimum absolute atomic E-state index is 0.0453. The van der Waals surface area contributed by atoms with Gasteiger partial charge in [-0.2, -0.15) is 0 Å². The van der Waals surface area contributed by atoms with E-state index in [2.05, 4.69) is 15.3 Å². The van der Waals surface area contributed by atoms with Crippen LogP contribution in [0.5, 0.6) is 0 Å². The van der Waals surface area contributed by atoms with Gasteiger partial charge in [0, 0.05) is 13.1 Å². The second-order valence-electron chi connectivity index (χ2n) is 3.88. The van der Waals surface area contributed by atoms with Crippen LogP contribution in [0.4, 0.5) is 11.6 Å². The summed E-state index contributed by atoms with van der Waals surface area (Å²) in [7, 11) is 1.78. The minimum Gasteiger partial charge on any atom is -0.382 e. The standard InChI is InChI=1S/C10H17N5O/c1-7(2)14-10(16)6-15(3)9-5-12-8(11)4-13-9/h4-5,7H,6H2,1-3H3,(H2,11,12)(H,14,16). The number of nitrogens with zero attached hydrogens (tertiary/aromatic N) is 3. The van der Waals surface area contributed by atoms with Crippen LogP contribution in [0.2, 0.25) is 0 Å². The van der Waals surface area contributed by atoms with Crippen molar-refractivity contribution in [2.75, 3.05) is 24.2 Å². The zero-order valence-corrected chi connectivity index (χ0v) is 9.77. The Kier molecular flexibility index (Phi) is 4.04. The lowest BCUT2D eigenvalue weighted by Crippen LogP contribution is -2.38. The van der Waals surface area contributed by atoms with Crippen LogP contribution in [-0.4, -0.2) is 35.5 Å². The smallest absolute Gasteiger partial charge is 0.239 e. The van der Waals surface area contributed by atoms with E-state index in [0.717, 1.165) is 0 Å². The molecule has 0 aliphatic carbocycles. The second kappa shape index (κ2) is 5.29. The summed E-state index contributed by atoms with van der Waals surface area (Å²) in [6, 6.07) is 0.137. The van der Waals surface area contributed by atoms with E-state index in [1.807, 2.05) is 13.8 Å². The van der Waals surface area contributed by atoms with E-state index in [0.29, 0.717) is 11.6 Å². The van der Waals surface area contributed by atoms with Gasteiger partial charge in [0.2, 0.25) is 5.91 Å². The summed E-state index contributed by atoms with van der Waals surface area (Å²) in [6.45, 7) is 4.08. The van der Waals surface area contributed by atoms with Crippen LogP contribution in [0.25, 0.3) is 0 Å². The minimum atomic E-state index is -0.0453. The van der Waals surface area contributed by atoms with E-state index < -0.39 is 0 Å². The molecular weight excluding hydrogens is 206 g/mol. The molecule has 1 aromatic heterocycles. The highest BCUT2D eigenvalue weighted by Gasteiger charge is 2.09. The molecule has 0 aliphatic rings. The number of hydrogen-bond acceptors (Lipinski definition) is 5. The van der Waals surface area contributed by atoms with Crippen LogP contribution in [0.1, 0.15) is 13.8 Å². The Labute approximate surface area is 94.9 Å². The molecule has 0 bridgehead atoms. The predicted octanol–water partition coefficient (Wildman–Crippen LogP) is 0.0196. The Balaban J connectivity index is 2.55. The molecular formula is C10H17N5O. The van der Waals surface area contributed by atoms with Crippen molar-refractivity contribution < 1.29 is 4.79 Å². The lowest BCUT2D eigenvalue weighted by Gasteiger charge is -2.18. The molecule has 1 rings (SSSR count). The number of aromatic nitrogens is 2. The molecule has 0 atom stereocenters. The molecule has 88 valence electrons. The zero-order valence-electron chi connectivity index (χ0n) is 9.77. The van der Waals surface area contributed by atoms with Gasteiger partial charge in [-0.05, 0) is 13.8 Å². The highest BCUT2D eigenvalue weighted by Crippen LogP contribution is 2.06. The average Bonchev–Trinajstić information content (AvgIpc) is 2.16. The van der Waals surface area contributed by atoms with Crippen molar-refractivity contribution in [3.63, 3.8) is 0 Å². The number of anilines is 2. The Hall–Kier alpha value is -1.85. The van der Waals surface area contributed by atoms with Gasteiger partial charge in [0.25, 0.3) is 0 Å². The van der Waals surface area contributed by atoms with Crippen molar-refractivity contribution >= 4 is 17.5 Å². The SMILES string of the molecule is CC(C)NC(=O)CN(C)c1cnc(N)cn1. The molecule has 6 nitrogen and oxygen atoms in total. The Morgan fingerprint density at radius 1 is 1.50 bits per heavy atom. The highest BCUT2D eigenvalue weighted by molar-refractivity contribution is 5.81. The number of nitrogens with one attached hydrogen (secondary N) is 1. The number of carbonyl (C=O) groups excluding carboxylic acids is 1. The maximum atomic E-state index is 11.5. The van der Waals surface area contributed by atoms with Gasteiger partial charge >= 0.3 is 0 Å². The molecule has 0 aliphatic heterocycles. The first-order valence-corrected chi connectivity index (χ1v) is 5.07. The van der Waals surface area contributed by atoms with Crippen molar-refractivity contribution in [1.29, 1.82) is 0 Å². The molecule has 0 saturated carbocycles. The zero-order chi connectivity index (χ0) is 12.1. The summed E-state index contributed by atoms with van der Waals surface area (Å²) >= 11 is 0. The highest BCUT2D eigenvalue weighted by atomic mass is 16.2. The van der Waals surface area contributed by atoms with E-state index in [1.165, 1.54) is 12.4 Å². The van der Waals surface area contributed by atoms with E-state index in [1.54, 1.807) is 11.9 Å². The van der Waals surface area contributed by atoms with E-state index in [4.69, 9.17) is 5.73 Å². The number of rotatable bonds is 4. The summed E-state index contributed by atoms with van der Waals surface area (Å²) in [5, 5.41) is 2.80. The van der Waals surface area contributed by atoms with Crippen molar-refractivity contribution in [2.45, 2.75) is 19.9 Å². The number of carbonyl (C=O) groups is 1. The van der Waals surface area contributed by atoms with Gasteiger partial charge in [-0.25, -0.2) is 9.97 Å². The number of nitrogens with two attached hydrogens (primary N) is 1. The second-order valence-corrected chi connectivity index (χ2v) is 3.88. The van der Waals surface area contributed by atoms with Crippen LogP contribution >= 0.6 is 0 Å². The van der Waals surface area contributed by atoms with Gasteiger partial charge in [-0.3, -0.25) is 4.79 Å². The summed E-state index contributed by atoms with van der Waals surface area (Å²) in [5.74, 6) is 0.938. The van der Waals surface area contributed by atoms with Crippen LogP contribution in [-0.2, 0) is 4.79 Å². The van der Waals surface area contributed by atoms with Gasteiger partial charge in [0.1, 0.15) is 11.6 Å². The first-order chi connectivity index (χ1) is 7.49. The lowest BCUT2D eigenvalue weighted by molar-refractivity contribution is -0.120. The van der Waals surface area contributed by atoms with Gasteiger partial charge in [-0.15, -0.1) is 0 Å². The Bertz CT molecular complexity index is 349. The molecule has 1 amide bonds. The maximum absolute atomic E-state index is 11.5. The monoisotopic (exact) mass is 223 g/mol. The number of hydrogen-bond donors (Lipinski definition) is 2. The average molecular weight is 223 g/mol. The lowest BCUT2D eigenvalue weighted by atomic mass is 10.4. The van der Waals surface area contributed by atoms with E-state index in [-0.39, 0.29) is 18.5 Å². The van der Waals surface area contributed by atoms with Crippen molar-refractivity contribution in [1.82, 2.24) is 15.3 Å². The van der Waals surface area contributed by atoms with Gasteiger partial charge in [-0.1, -0.05) is 0 Å². The molecule has 0 fully saturated rings. The third-order valence-corrected chi connectivity index (χ3v) is 1.88. The van der Waals surface area contributed by atoms with E-state index in [9.17, 15) is 4.79 Å². The summed E-state index contributed by atoms with van der Waals surface area (Å²) < 4.78 is 0. The van der Waals surface area contributed by atoms with E-state index >= 15 is 0 Å². The van der Waals surface area contributed by atoms with Crippen molar-refractivity contribution in [3.05, 3.63) is 12.4 Å². The van der Waals surface area contributed by atoms with Crippen LogP contribution in [0.3, 0.4) is 0 Å². The summed E-state index contributed by atoms with van der Waals surface area (Å²) in [5.41, 5.74) is 5.42. The number of likely N-dealkylation sites (N-methyl/N-ethyl adjacent to an activating group) is 1. The first kappa shape index (κ1) is 12.2. The fourth-order valence-corrected chi connectivity index (χ4v) is 1.19. The first-order valence-electron chi connectivity index (χ1n) is 5.07. The number of nitrogen functional groups attached to an aromatic ring is 1. The third-order valence-electron chi connectivity index (χ3n) is 1.88. The molecule has 16 heavy (non-hydrogen) atoms. The summed E-state index contributed by atoms with van der Waals surface area (Å²) in [4.78, 5) is 21.2. The predicted molar refractivity (Wildman–Crippen MR) is 63.0 cm³/mol. The molecule has 6 heteroatoms.